The summed E-state index contributed by atoms with van der Waals surface area (Å²) in [5.41, 5.74) is 7.97. The summed E-state index contributed by atoms with van der Waals surface area (Å²) in [6, 6.07) is 8.78. The molecule has 0 fully saturated rings. The molecular weight excluding hydrogens is 379 g/mol. The molecule has 152 valence electrons. The quantitative estimate of drug-likeness (QED) is 0.325. The fraction of sp³-hybridized carbons (Fsp3) is 0.263. The number of carbonyl (C=O) groups is 1. The normalized spacial score (nSPS) is 12.0. The lowest BCUT2D eigenvalue weighted by Gasteiger charge is -2.10. The van der Waals surface area contributed by atoms with Crippen LogP contribution in [0.5, 0.6) is 0 Å². The van der Waals surface area contributed by atoms with Gasteiger partial charge in [0.25, 0.3) is 0 Å². The number of nitrogens with one attached hydrogen (secondary N) is 1. The summed E-state index contributed by atoms with van der Waals surface area (Å²) in [6.45, 7) is 1.13. The van der Waals surface area contributed by atoms with E-state index in [9.17, 15) is 14.3 Å². The highest BCUT2D eigenvalue weighted by molar-refractivity contribution is 5.93. The Hall–Kier alpha value is -3.37. The molecular formula is C19H21FN6O3. The molecule has 0 bridgehead atoms. The highest BCUT2D eigenvalue weighted by atomic mass is 19.1. The predicted octanol–water partition coefficient (Wildman–Crippen LogP) is 1.08. The first kappa shape index (κ1) is 20.4. The Balaban J connectivity index is 1.93. The average molecular weight is 400 g/mol. The number of aliphatic hydroxyl groups is 2. The van der Waals surface area contributed by atoms with Gasteiger partial charge in [-0.2, -0.15) is 5.10 Å². The van der Waals surface area contributed by atoms with Crippen LogP contribution in [-0.2, 0) is 6.54 Å². The largest absolute Gasteiger partial charge is 0.398 e. The van der Waals surface area contributed by atoms with Crippen LogP contribution in [0.1, 0.15) is 23.0 Å². The highest BCUT2D eigenvalue weighted by Gasteiger charge is 2.17. The van der Waals surface area contributed by atoms with Gasteiger partial charge in [-0.1, -0.05) is 18.2 Å². The van der Waals surface area contributed by atoms with Gasteiger partial charge in [-0.25, -0.2) is 14.4 Å². The van der Waals surface area contributed by atoms with Crippen molar-refractivity contribution in [2.75, 3.05) is 24.2 Å². The van der Waals surface area contributed by atoms with Gasteiger partial charge in [0, 0.05) is 19.2 Å². The van der Waals surface area contributed by atoms with Crippen LogP contribution in [-0.4, -0.2) is 55.0 Å². The number of nitrogens with zero attached hydrogens (tertiary/aromatic N) is 4. The third kappa shape index (κ3) is 4.73. The zero-order valence-electron chi connectivity index (χ0n) is 15.7. The lowest BCUT2D eigenvalue weighted by Crippen LogP contribution is -2.24. The topological polar surface area (TPSA) is 139 Å². The summed E-state index contributed by atoms with van der Waals surface area (Å²) < 4.78 is 15.5. The van der Waals surface area contributed by atoms with Crippen molar-refractivity contribution >= 4 is 17.3 Å². The third-order valence-electron chi connectivity index (χ3n) is 4.20. The van der Waals surface area contributed by atoms with E-state index in [-0.39, 0.29) is 36.2 Å². The van der Waals surface area contributed by atoms with Gasteiger partial charge in [-0.15, -0.1) is 0 Å². The maximum atomic E-state index is 14.0. The Morgan fingerprint density at radius 1 is 1.38 bits per heavy atom. The third-order valence-corrected chi connectivity index (χ3v) is 4.20. The van der Waals surface area contributed by atoms with Crippen molar-refractivity contribution in [2.24, 2.45) is 0 Å². The van der Waals surface area contributed by atoms with Crippen molar-refractivity contribution in [3.05, 3.63) is 53.6 Å². The number of hydrogen-bond acceptors (Lipinski definition) is 8. The molecule has 0 aliphatic rings. The van der Waals surface area contributed by atoms with E-state index in [1.54, 1.807) is 6.07 Å². The van der Waals surface area contributed by atoms with Gasteiger partial charge in [-0.05, 0) is 17.7 Å². The van der Waals surface area contributed by atoms with Crippen LogP contribution in [0.4, 0.5) is 15.9 Å². The second-order valence-corrected chi connectivity index (χ2v) is 6.43. The van der Waals surface area contributed by atoms with E-state index < -0.39 is 18.5 Å². The second kappa shape index (κ2) is 8.76. The summed E-state index contributed by atoms with van der Waals surface area (Å²) in [5.74, 6) is -0.963. The fourth-order valence-electron chi connectivity index (χ4n) is 2.66. The number of para-hydroxylation sites is 1. The van der Waals surface area contributed by atoms with Gasteiger partial charge < -0.3 is 21.3 Å². The SMILES string of the molecule is CC(=O)c1cc(-c2ncc(F)c(NCC(O)CO)n2)nn1Cc1ccccc1N. The molecule has 0 amide bonds. The van der Waals surface area contributed by atoms with Crippen LogP contribution >= 0.6 is 0 Å². The molecule has 3 aromatic rings. The van der Waals surface area contributed by atoms with Crippen molar-refractivity contribution in [2.45, 2.75) is 19.6 Å². The van der Waals surface area contributed by atoms with E-state index >= 15 is 0 Å². The summed E-state index contributed by atoms with van der Waals surface area (Å²) in [7, 11) is 0. The Labute approximate surface area is 166 Å². The molecule has 3 rings (SSSR count). The van der Waals surface area contributed by atoms with Crippen molar-refractivity contribution in [1.82, 2.24) is 19.7 Å². The molecule has 1 aromatic carbocycles. The molecule has 1 unspecified atom stereocenters. The van der Waals surface area contributed by atoms with Crippen LogP contribution in [0, 0.1) is 5.82 Å². The molecule has 29 heavy (non-hydrogen) atoms. The number of nitrogen functional groups attached to an aromatic ring is 1. The molecule has 9 nitrogen and oxygen atoms in total. The molecule has 0 saturated carbocycles. The predicted molar refractivity (Wildman–Crippen MR) is 105 cm³/mol. The van der Waals surface area contributed by atoms with E-state index in [0.29, 0.717) is 11.4 Å². The summed E-state index contributed by atoms with van der Waals surface area (Å²) in [5, 5.41) is 25.3. The van der Waals surface area contributed by atoms with Crippen LogP contribution in [0.15, 0.2) is 36.5 Å². The number of ketones is 1. The van der Waals surface area contributed by atoms with E-state index in [1.807, 2.05) is 18.2 Å². The van der Waals surface area contributed by atoms with Gasteiger partial charge >= 0.3 is 0 Å². The minimum Gasteiger partial charge on any atom is -0.398 e. The smallest absolute Gasteiger partial charge is 0.183 e. The monoisotopic (exact) mass is 400 g/mol. The van der Waals surface area contributed by atoms with Gasteiger partial charge in [-0.3, -0.25) is 9.48 Å². The van der Waals surface area contributed by atoms with Gasteiger partial charge in [0.1, 0.15) is 11.4 Å². The summed E-state index contributed by atoms with van der Waals surface area (Å²) >= 11 is 0. The number of aliphatic hydroxyl groups excluding tert-OH is 2. The van der Waals surface area contributed by atoms with E-state index in [0.717, 1.165) is 11.8 Å². The zero-order chi connectivity index (χ0) is 21.0. The van der Waals surface area contributed by atoms with Crippen molar-refractivity contribution in [1.29, 1.82) is 0 Å². The fourth-order valence-corrected chi connectivity index (χ4v) is 2.66. The summed E-state index contributed by atoms with van der Waals surface area (Å²) in [6.07, 6.45) is -0.0925. The number of anilines is 2. The van der Waals surface area contributed by atoms with Gasteiger partial charge in [0.05, 0.1) is 25.5 Å². The molecule has 0 saturated heterocycles. The van der Waals surface area contributed by atoms with E-state index in [1.165, 1.54) is 17.7 Å². The molecule has 10 heteroatoms. The van der Waals surface area contributed by atoms with Crippen LogP contribution in [0.25, 0.3) is 11.5 Å². The Morgan fingerprint density at radius 2 is 2.14 bits per heavy atom. The zero-order valence-corrected chi connectivity index (χ0v) is 15.7. The molecule has 0 radical (unpaired) electrons. The molecule has 0 spiro atoms. The Morgan fingerprint density at radius 3 is 2.83 bits per heavy atom. The number of carbonyl (C=O) groups excluding carboxylic acids is 1. The summed E-state index contributed by atoms with van der Waals surface area (Å²) in [4.78, 5) is 20.1. The van der Waals surface area contributed by atoms with Gasteiger partial charge in [0.15, 0.2) is 23.2 Å². The lowest BCUT2D eigenvalue weighted by atomic mass is 10.2. The molecule has 0 aliphatic carbocycles. The minimum atomic E-state index is -1.06. The molecule has 2 heterocycles. The lowest BCUT2D eigenvalue weighted by molar-refractivity contribution is 0.100. The van der Waals surface area contributed by atoms with Crippen LogP contribution < -0.4 is 11.1 Å². The van der Waals surface area contributed by atoms with Crippen LogP contribution in [0.2, 0.25) is 0 Å². The number of nitrogens with two attached hydrogens (primary N) is 1. The number of aromatic nitrogens is 4. The number of halogens is 1. The number of benzene rings is 1. The minimum absolute atomic E-state index is 0.0930. The molecule has 0 aliphatic heterocycles. The first-order valence-electron chi connectivity index (χ1n) is 8.87. The maximum absolute atomic E-state index is 14.0. The van der Waals surface area contributed by atoms with Crippen LogP contribution in [0.3, 0.4) is 0 Å². The number of rotatable bonds is 8. The number of hydrogen-bond donors (Lipinski definition) is 4. The van der Waals surface area contributed by atoms with Gasteiger partial charge in [0.2, 0.25) is 0 Å². The maximum Gasteiger partial charge on any atom is 0.183 e. The van der Waals surface area contributed by atoms with E-state index in [4.69, 9.17) is 10.8 Å². The average Bonchev–Trinajstić information content (AvgIpc) is 3.13. The van der Waals surface area contributed by atoms with E-state index in [2.05, 4.69) is 20.4 Å². The standard InChI is InChI=1S/C19H21FN6O3/c1-11(28)17-6-16(25-26(17)9-12-4-2-3-5-15(12)21)19-23-8-14(20)18(24-19)22-7-13(29)10-27/h2-6,8,13,27,29H,7,9-10,21H2,1H3,(H,22,23,24). The van der Waals surface area contributed by atoms with Crippen molar-refractivity contribution in [3.63, 3.8) is 0 Å². The molecule has 2 aromatic heterocycles. The molecule has 5 N–H and O–H groups in total. The highest BCUT2D eigenvalue weighted by Crippen LogP contribution is 2.21. The van der Waals surface area contributed by atoms with Crippen molar-refractivity contribution < 1.29 is 19.4 Å². The first-order valence-corrected chi connectivity index (χ1v) is 8.87. The first-order chi connectivity index (χ1) is 13.9. The molecule has 1 atom stereocenters. The van der Waals surface area contributed by atoms with Crippen molar-refractivity contribution in [3.8, 4) is 11.5 Å². The number of Topliss-reactive ketones (excluding diaryl/α,β-unsaturated/α-hetero) is 1. The Kier molecular flexibility index (Phi) is 6.15. The second-order valence-electron chi connectivity index (χ2n) is 6.43. The Bertz CT molecular complexity index is 1020.